The Morgan fingerprint density at radius 3 is 3.00 bits per heavy atom. The average Bonchev–Trinajstić information content (AvgIpc) is 2.56. The summed E-state index contributed by atoms with van der Waals surface area (Å²) in [5.74, 6) is 1.34. The molecule has 0 fully saturated rings. The SMILES string of the molecule is Cc1nc(C(C)CN)c2ccccn12. The molecule has 2 aromatic rings. The number of nitrogens with two attached hydrogens (primary N) is 1. The van der Waals surface area contributed by atoms with Crippen LogP contribution in [0, 0.1) is 6.92 Å². The van der Waals surface area contributed by atoms with Crippen molar-refractivity contribution >= 4 is 5.52 Å². The first-order valence-corrected chi connectivity index (χ1v) is 4.87. The Hall–Kier alpha value is -1.35. The van der Waals surface area contributed by atoms with Crippen molar-refractivity contribution in [2.24, 2.45) is 5.73 Å². The number of rotatable bonds is 2. The molecule has 0 aliphatic carbocycles. The second-order valence-corrected chi connectivity index (χ2v) is 3.64. The smallest absolute Gasteiger partial charge is 0.110 e. The molecule has 0 spiro atoms. The third-order valence-corrected chi connectivity index (χ3v) is 2.57. The van der Waals surface area contributed by atoms with Crippen LogP contribution in [0.15, 0.2) is 24.4 Å². The maximum atomic E-state index is 5.66. The van der Waals surface area contributed by atoms with E-state index in [0.29, 0.717) is 12.5 Å². The third-order valence-electron chi connectivity index (χ3n) is 2.57. The molecule has 0 saturated carbocycles. The molecular formula is C11H15N3. The number of pyridine rings is 1. The standard InChI is InChI=1S/C11H15N3/c1-8(7-12)11-10-5-3-4-6-14(10)9(2)13-11/h3-6,8H,7,12H2,1-2H3. The zero-order valence-electron chi connectivity index (χ0n) is 8.57. The van der Waals surface area contributed by atoms with Gasteiger partial charge in [-0.05, 0) is 19.1 Å². The summed E-state index contributed by atoms with van der Waals surface area (Å²) in [6, 6.07) is 6.13. The van der Waals surface area contributed by atoms with Gasteiger partial charge < -0.3 is 10.1 Å². The van der Waals surface area contributed by atoms with E-state index < -0.39 is 0 Å². The predicted molar refractivity (Wildman–Crippen MR) is 57.4 cm³/mol. The lowest BCUT2D eigenvalue weighted by Crippen LogP contribution is -2.09. The molecule has 0 amide bonds. The van der Waals surface area contributed by atoms with E-state index in [4.69, 9.17) is 5.73 Å². The van der Waals surface area contributed by atoms with Gasteiger partial charge in [0.2, 0.25) is 0 Å². The Labute approximate surface area is 83.6 Å². The highest BCUT2D eigenvalue weighted by molar-refractivity contribution is 5.54. The van der Waals surface area contributed by atoms with Crippen molar-refractivity contribution in [1.29, 1.82) is 0 Å². The molecule has 0 bridgehead atoms. The Kier molecular flexibility index (Phi) is 2.25. The molecule has 0 radical (unpaired) electrons. The minimum absolute atomic E-state index is 0.320. The molecule has 0 aromatic carbocycles. The van der Waals surface area contributed by atoms with E-state index in [1.165, 1.54) is 5.52 Å². The van der Waals surface area contributed by atoms with E-state index in [1.807, 2.05) is 25.3 Å². The largest absolute Gasteiger partial charge is 0.330 e. The lowest BCUT2D eigenvalue weighted by Gasteiger charge is -2.04. The highest BCUT2D eigenvalue weighted by atomic mass is 15.0. The highest BCUT2D eigenvalue weighted by Gasteiger charge is 2.12. The molecular weight excluding hydrogens is 174 g/mol. The molecule has 0 saturated heterocycles. The zero-order valence-corrected chi connectivity index (χ0v) is 8.57. The van der Waals surface area contributed by atoms with Gasteiger partial charge in [-0.3, -0.25) is 0 Å². The summed E-state index contributed by atoms with van der Waals surface area (Å²) in [5, 5.41) is 0. The van der Waals surface area contributed by atoms with Crippen molar-refractivity contribution < 1.29 is 0 Å². The van der Waals surface area contributed by atoms with Crippen molar-refractivity contribution in [1.82, 2.24) is 9.38 Å². The van der Waals surface area contributed by atoms with Gasteiger partial charge in [0.15, 0.2) is 0 Å². The fourth-order valence-electron chi connectivity index (χ4n) is 1.69. The average molecular weight is 189 g/mol. The minimum Gasteiger partial charge on any atom is -0.330 e. The zero-order chi connectivity index (χ0) is 10.1. The molecule has 2 heterocycles. The number of aromatic nitrogens is 2. The van der Waals surface area contributed by atoms with Crippen LogP contribution in [-0.4, -0.2) is 15.9 Å². The molecule has 14 heavy (non-hydrogen) atoms. The maximum absolute atomic E-state index is 5.66. The van der Waals surface area contributed by atoms with Crippen LogP contribution in [0.25, 0.3) is 5.52 Å². The van der Waals surface area contributed by atoms with Gasteiger partial charge >= 0.3 is 0 Å². The van der Waals surface area contributed by atoms with Gasteiger partial charge in [0.05, 0.1) is 11.2 Å². The summed E-state index contributed by atoms with van der Waals surface area (Å²) in [5.41, 5.74) is 7.93. The fraction of sp³-hybridized carbons (Fsp3) is 0.364. The van der Waals surface area contributed by atoms with Gasteiger partial charge in [-0.2, -0.15) is 0 Å². The molecule has 3 nitrogen and oxygen atoms in total. The van der Waals surface area contributed by atoms with E-state index in [0.717, 1.165) is 11.5 Å². The maximum Gasteiger partial charge on any atom is 0.110 e. The Balaban J connectivity index is 2.66. The number of aryl methyl sites for hydroxylation is 1. The van der Waals surface area contributed by atoms with Gasteiger partial charge in [-0.15, -0.1) is 0 Å². The summed E-state index contributed by atoms with van der Waals surface area (Å²) in [6.07, 6.45) is 2.03. The second kappa shape index (κ2) is 3.42. The van der Waals surface area contributed by atoms with Crippen LogP contribution in [0.2, 0.25) is 0 Å². The van der Waals surface area contributed by atoms with E-state index in [1.54, 1.807) is 0 Å². The predicted octanol–water partition coefficient (Wildman–Crippen LogP) is 1.70. The number of nitrogens with zero attached hydrogens (tertiary/aromatic N) is 2. The second-order valence-electron chi connectivity index (χ2n) is 3.64. The van der Waals surface area contributed by atoms with Gasteiger partial charge in [0.25, 0.3) is 0 Å². The number of hydrogen-bond acceptors (Lipinski definition) is 2. The molecule has 3 heteroatoms. The molecule has 0 aliphatic heterocycles. The summed E-state index contributed by atoms with van der Waals surface area (Å²) in [7, 11) is 0. The molecule has 74 valence electrons. The van der Waals surface area contributed by atoms with Gasteiger partial charge in [0.1, 0.15) is 5.82 Å². The first-order valence-electron chi connectivity index (χ1n) is 4.87. The third kappa shape index (κ3) is 1.30. The first kappa shape index (κ1) is 9.21. The number of fused-ring (bicyclic) bond motifs is 1. The molecule has 1 atom stereocenters. The van der Waals surface area contributed by atoms with Crippen LogP contribution < -0.4 is 5.73 Å². The van der Waals surface area contributed by atoms with Crippen LogP contribution >= 0.6 is 0 Å². The van der Waals surface area contributed by atoms with Crippen LogP contribution in [0.3, 0.4) is 0 Å². The molecule has 2 rings (SSSR count). The summed E-state index contributed by atoms with van der Waals surface area (Å²) < 4.78 is 2.10. The highest BCUT2D eigenvalue weighted by Crippen LogP contribution is 2.20. The Bertz CT molecular complexity index is 445. The fourth-order valence-corrected chi connectivity index (χ4v) is 1.69. The molecule has 1 unspecified atom stereocenters. The lowest BCUT2D eigenvalue weighted by atomic mass is 10.1. The summed E-state index contributed by atoms with van der Waals surface area (Å²) in [6.45, 7) is 4.76. The van der Waals surface area contributed by atoms with Crippen molar-refractivity contribution in [3.05, 3.63) is 35.9 Å². The molecule has 2 aromatic heterocycles. The van der Waals surface area contributed by atoms with Crippen LogP contribution in [0.5, 0.6) is 0 Å². The first-order chi connectivity index (χ1) is 6.74. The minimum atomic E-state index is 0.320. The van der Waals surface area contributed by atoms with Crippen LogP contribution in [0.1, 0.15) is 24.4 Å². The van der Waals surface area contributed by atoms with Crippen LogP contribution in [-0.2, 0) is 0 Å². The van der Waals surface area contributed by atoms with E-state index in [2.05, 4.69) is 22.4 Å². The number of imidazole rings is 1. The van der Waals surface area contributed by atoms with Crippen molar-refractivity contribution in [2.45, 2.75) is 19.8 Å². The lowest BCUT2D eigenvalue weighted by molar-refractivity contribution is 0.755. The van der Waals surface area contributed by atoms with Gasteiger partial charge in [0, 0.05) is 18.7 Å². The van der Waals surface area contributed by atoms with Gasteiger partial charge in [-0.1, -0.05) is 13.0 Å². The van der Waals surface area contributed by atoms with E-state index in [-0.39, 0.29) is 0 Å². The Morgan fingerprint density at radius 1 is 1.50 bits per heavy atom. The monoisotopic (exact) mass is 189 g/mol. The van der Waals surface area contributed by atoms with E-state index >= 15 is 0 Å². The summed E-state index contributed by atoms with van der Waals surface area (Å²) in [4.78, 5) is 4.54. The van der Waals surface area contributed by atoms with Gasteiger partial charge in [-0.25, -0.2) is 4.98 Å². The van der Waals surface area contributed by atoms with Crippen molar-refractivity contribution in [2.75, 3.05) is 6.54 Å². The molecule has 2 N–H and O–H groups in total. The Morgan fingerprint density at radius 2 is 2.29 bits per heavy atom. The number of hydrogen-bond donors (Lipinski definition) is 1. The molecule has 0 aliphatic rings. The normalized spacial score (nSPS) is 13.4. The van der Waals surface area contributed by atoms with Crippen molar-refractivity contribution in [3.63, 3.8) is 0 Å². The van der Waals surface area contributed by atoms with E-state index in [9.17, 15) is 0 Å². The topological polar surface area (TPSA) is 43.3 Å². The quantitative estimate of drug-likeness (QED) is 0.781. The van der Waals surface area contributed by atoms with Crippen LogP contribution in [0.4, 0.5) is 0 Å². The van der Waals surface area contributed by atoms with Crippen molar-refractivity contribution in [3.8, 4) is 0 Å². The summed E-state index contributed by atoms with van der Waals surface area (Å²) >= 11 is 0.